The van der Waals surface area contributed by atoms with Crippen LogP contribution in [0.15, 0.2) is 35.9 Å². The van der Waals surface area contributed by atoms with Crippen LogP contribution in [0, 0.1) is 0 Å². The average Bonchev–Trinajstić information content (AvgIpc) is 2.28. The topological polar surface area (TPSA) is 69.4 Å². The van der Waals surface area contributed by atoms with Crippen LogP contribution in [0.3, 0.4) is 0 Å². The SMILES string of the molecule is CO/C(=C(\C)C=[N+](C)C)c1ccccc1.O=S(=O)([O-])F. The van der Waals surface area contributed by atoms with Gasteiger partial charge in [0, 0.05) is 5.56 Å². The number of methoxy groups -OCH3 is 1. The smallest absolute Gasteiger partial charge is 0.255 e. The summed E-state index contributed by atoms with van der Waals surface area (Å²) in [5.41, 5.74) is 2.23. The summed E-state index contributed by atoms with van der Waals surface area (Å²) in [6.07, 6.45) is 2.05. The van der Waals surface area contributed by atoms with Gasteiger partial charge < -0.3 is 9.29 Å². The van der Waals surface area contributed by atoms with Crippen molar-refractivity contribution in [2.24, 2.45) is 0 Å². The minimum absolute atomic E-state index is 0.921. The zero-order valence-electron chi connectivity index (χ0n) is 11.8. The van der Waals surface area contributed by atoms with Gasteiger partial charge in [0.15, 0.2) is 6.21 Å². The van der Waals surface area contributed by atoms with Crippen molar-refractivity contribution >= 4 is 22.5 Å². The fraction of sp³-hybridized carbons (Fsp3) is 0.308. The molecule has 112 valence electrons. The Morgan fingerprint density at radius 1 is 1.30 bits per heavy atom. The van der Waals surface area contributed by atoms with Gasteiger partial charge in [-0.15, -0.1) is 3.89 Å². The normalized spacial score (nSPS) is 11.7. The van der Waals surface area contributed by atoms with E-state index in [-0.39, 0.29) is 0 Å². The quantitative estimate of drug-likeness (QED) is 0.281. The van der Waals surface area contributed by atoms with Crippen molar-refractivity contribution in [1.29, 1.82) is 0 Å². The first kappa shape index (κ1) is 18.3. The Bertz CT molecular complexity index is 568. The zero-order chi connectivity index (χ0) is 15.8. The summed E-state index contributed by atoms with van der Waals surface area (Å²) in [4.78, 5) is 0. The van der Waals surface area contributed by atoms with E-state index in [9.17, 15) is 3.89 Å². The zero-order valence-corrected chi connectivity index (χ0v) is 12.6. The van der Waals surface area contributed by atoms with Crippen LogP contribution >= 0.6 is 0 Å². The van der Waals surface area contributed by atoms with Crippen LogP contribution in [0.1, 0.15) is 12.5 Å². The van der Waals surface area contributed by atoms with E-state index < -0.39 is 10.5 Å². The highest BCUT2D eigenvalue weighted by molar-refractivity contribution is 7.80. The molecule has 0 aliphatic heterocycles. The molecule has 1 aromatic carbocycles. The van der Waals surface area contributed by atoms with Gasteiger partial charge in [-0.05, 0) is 6.92 Å². The third kappa shape index (κ3) is 9.23. The lowest BCUT2D eigenvalue weighted by Crippen LogP contribution is -2.02. The van der Waals surface area contributed by atoms with Gasteiger partial charge in [0.05, 0.1) is 12.7 Å². The van der Waals surface area contributed by atoms with Gasteiger partial charge >= 0.3 is 0 Å². The van der Waals surface area contributed by atoms with Gasteiger partial charge in [0.1, 0.15) is 19.9 Å². The molecule has 0 saturated heterocycles. The van der Waals surface area contributed by atoms with E-state index in [0.717, 1.165) is 16.9 Å². The molecule has 0 saturated carbocycles. The number of ether oxygens (including phenoxy) is 1. The Kier molecular flexibility index (Phi) is 7.71. The van der Waals surface area contributed by atoms with E-state index in [4.69, 9.17) is 17.7 Å². The molecule has 0 heterocycles. The Morgan fingerprint density at radius 3 is 2.10 bits per heavy atom. The number of halogens is 1. The molecular weight excluding hydrogens is 285 g/mol. The second kappa shape index (κ2) is 8.44. The van der Waals surface area contributed by atoms with E-state index in [2.05, 4.69) is 0 Å². The molecule has 0 bridgehead atoms. The van der Waals surface area contributed by atoms with Crippen LogP contribution < -0.4 is 0 Å². The van der Waals surface area contributed by atoms with Gasteiger partial charge in [0.25, 0.3) is 10.5 Å². The largest absolute Gasteiger partial charge is 0.722 e. The maximum atomic E-state index is 10.1. The summed E-state index contributed by atoms with van der Waals surface area (Å²) < 4.78 is 42.8. The molecule has 20 heavy (non-hydrogen) atoms. The minimum Gasteiger partial charge on any atom is -0.722 e. The second-order valence-electron chi connectivity index (χ2n) is 4.07. The predicted molar refractivity (Wildman–Crippen MR) is 75.0 cm³/mol. The molecule has 0 aromatic heterocycles. The molecule has 0 spiro atoms. The van der Waals surface area contributed by atoms with Gasteiger partial charge in [-0.1, -0.05) is 30.3 Å². The summed E-state index contributed by atoms with van der Waals surface area (Å²) in [6.45, 7) is 2.05. The summed E-state index contributed by atoms with van der Waals surface area (Å²) in [5.74, 6) is 0.921. The maximum Gasteiger partial charge on any atom is 0.255 e. The van der Waals surface area contributed by atoms with Gasteiger partial charge in [0.2, 0.25) is 0 Å². The van der Waals surface area contributed by atoms with Crippen LogP contribution in [0.5, 0.6) is 0 Å². The lowest BCUT2D eigenvalue weighted by molar-refractivity contribution is -0.459. The highest BCUT2D eigenvalue weighted by Gasteiger charge is 2.05. The third-order valence-electron chi connectivity index (χ3n) is 2.05. The monoisotopic (exact) mass is 303 g/mol. The summed E-state index contributed by atoms with van der Waals surface area (Å²) in [7, 11) is 0.291. The lowest BCUT2D eigenvalue weighted by atomic mass is 10.1. The Morgan fingerprint density at radius 2 is 1.75 bits per heavy atom. The van der Waals surface area contributed by atoms with Crippen LogP contribution in [-0.4, -0.2) is 45.0 Å². The molecule has 0 amide bonds. The van der Waals surface area contributed by atoms with Crippen molar-refractivity contribution in [3.8, 4) is 0 Å². The molecule has 0 fully saturated rings. The average molecular weight is 303 g/mol. The molecule has 0 aliphatic carbocycles. The van der Waals surface area contributed by atoms with Crippen LogP contribution in [-0.2, 0) is 15.2 Å². The number of hydrogen-bond acceptors (Lipinski definition) is 4. The second-order valence-corrected chi connectivity index (χ2v) is 4.85. The van der Waals surface area contributed by atoms with E-state index in [1.54, 1.807) is 7.11 Å². The molecule has 1 rings (SSSR count). The van der Waals surface area contributed by atoms with Crippen molar-refractivity contribution < 1.29 is 26.2 Å². The first-order valence-corrected chi connectivity index (χ1v) is 6.93. The van der Waals surface area contributed by atoms with Crippen molar-refractivity contribution in [2.45, 2.75) is 6.92 Å². The van der Waals surface area contributed by atoms with Crippen LogP contribution in [0.25, 0.3) is 5.76 Å². The molecule has 0 N–H and O–H groups in total. The minimum atomic E-state index is -5.42. The van der Waals surface area contributed by atoms with E-state index in [0.29, 0.717) is 0 Å². The van der Waals surface area contributed by atoms with Crippen molar-refractivity contribution in [2.75, 3.05) is 21.2 Å². The number of hydrogen-bond donors (Lipinski definition) is 0. The fourth-order valence-electron chi connectivity index (χ4n) is 1.54. The highest BCUT2D eigenvalue weighted by atomic mass is 32.3. The molecular formula is C13H18FNO4S. The summed E-state index contributed by atoms with van der Waals surface area (Å²) in [5, 5.41) is 0. The van der Waals surface area contributed by atoms with Crippen LogP contribution in [0.4, 0.5) is 3.89 Å². The third-order valence-corrected chi connectivity index (χ3v) is 2.05. The maximum absolute atomic E-state index is 10.1. The Hall–Kier alpha value is -1.73. The molecule has 5 nitrogen and oxygen atoms in total. The molecule has 0 unspecified atom stereocenters. The highest BCUT2D eigenvalue weighted by Crippen LogP contribution is 2.17. The molecule has 0 radical (unpaired) electrons. The first-order valence-electron chi connectivity index (χ1n) is 5.62. The summed E-state index contributed by atoms with van der Waals surface area (Å²) >= 11 is 0. The standard InChI is InChI=1S/C13H18NO.FHO3S/c1-11(10-14(2)3)13(15-4)12-8-6-5-7-9-12;1-5(2,3)4/h5-10H,1-4H3;(H,2,3,4)/q+1;/p-1/b13-11+;. The number of nitrogens with zero attached hydrogens (tertiary/aromatic N) is 1. The van der Waals surface area contributed by atoms with Crippen molar-refractivity contribution in [3.63, 3.8) is 0 Å². The van der Waals surface area contributed by atoms with Crippen molar-refractivity contribution in [1.82, 2.24) is 0 Å². The Labute approximate surface area is 119 Å². The molecule has 0 aliphatic rings. The van der Waals surface area contributed by atoms with E-state index >= 15 is 0 Å². The molecule has 7 heteroatoms. The van der Waals surface area contributed by atoms with Gasteiger partial charge in [-0.25, -0.2) is 13.0 Å². The van der Waals surface area contributed by atoms with E-state index in [1.165, 1.54) is 0 Å². The molecule has 1 aromatic rings. The summed E-state index contributed by atoms with van der Waals surface area (Å²) in [6, 6.07) is 10.1. The lowest BCUT2D eigenvalue weighted by Gasteiger charge is -2.07. The van der Waals surface area contributed by atoms with E-state index in [1.807, 2.05) is 62.1 Å². The van der Waals surface area contributed by atoms with Gasteiger partial charge in [-0.2, -0.15) is 0 Å². The number of benzene rings is 1. The number of allylic oxidation sites excluding steroid dienone is 1. The predicted octanol–water partition coefficient (Wildman–Crippen LogP) is 1.82. The van der Waals surface area contributed by atoms with Gasteiger partial charge in [-0.3, -0.25) is 0 Å². The van der Waals surface area contributed by atoms with Crippen molar-refractivity contribution in [3.05, 3.63) is 41.5 Å². The number of rotatable bonds is 3. The fourth-order valence-corrected chi connectivity index (χ4v) is 1.54. The Balaban J connectivity index is 0.000000621. The first-order chi connectivity index (χ1) is 9.15. The van der Waals surface area contributed by atoms with Crippen LogP contribution in [0.2, 0.25) is 0 Å². The molecule has 0 atom stereocenters.